The van der Waals surface area contributed by atoms with Gasteiger partial charge in [-0.25, -0.2) is 9.67 Å². The van der Waals surface area contributed by atoms with Crippen LogP contribution in [-0.2, 0) is 13.6 Å². The molecule has 5 N–H and O–H groups in total. The fourth-order valence-corrected chi connectivity index (χ4v) is 6.13. The van der Waals surface area contributed by atoms with Crippen molar-refractivity contribution in [2.24, 2.45) is 17.8 Å². The van der Waals surface area contributed by atoms with Crippen molar-refractivity contribution in [2.75, 3.05) is 25.4 Å². The first-order chi connectivity index (χ1) is 24.7. The number of nitrogens with two attached hydrogens (primary N) is 2. The molecule has 0 saturated carbocycles. The monoisotopic (exact) mass is 686 g/mol. The lowest BCUT2D eigenvalue weighted by Crippen LogP contribution is -2.40. The van der Waals surface area contributed by atoms with Crippen molar-refractivity contribution in [3.8, 4) is 17.5 Å². The third-order valence-corrected chi connectivity index (χ3v) is 8.71. The van der Waals surface area contributed by atoms with Crippen LogP contribution in [0.15, 0.2) is 89.4 Å². The third kappa shape index (κ3) is 8.34. The van der Waals surface area contributed by atoms with Crippen LogP contribution in [0.3, 0.4) is 0 Å². The molecule has 0 aliphatic carbocycles. The zero-order chi connectivity index (χ0) is 36.5. The van der Waals surface area contributed by atoms with E-state index in [4.69, 9.17) is 11.5 Å². The molecule has 5 aromatic rings. The van der Waals surface area contributed by atoms with Crippen molar-refractivity contribution in [3.63, 3.8) is 0 Å². The van der Waals surface area contributed by atoms with E-state index in [2.05, 4.69) is 43.8 Å². The molecule has 1 atom stereocenters. The highest BCUT2D eigenvalue weighted by molar-refractivity contribution is 6.03. The summed E-state index contributed by atoms with van der Waals surface area (Å²) >= 11 is 0. The number of nitrogens with one attached hydrogen (secondary N) is 1. The van der Waals surface area contributed by atoms with Gasteiger partial charge in [-0.1, -0.05) is 68.7 Å². The van der Waals surface area contributed by atoms with Gasteiger partial charge in [-0.3, -0.25) is 18.8 Å². The molecule has 1 amide bonds. The zero-order valence-corrected chi connectivity index (χ0v) is 29.7. The van der Waals surface area contributed by atoms with E-state index in [1.807, 2.05) is 86.2 Å². The van der Waals surface area contributed by atoms with Crippen molar-refractivity contribution >= 4 is 34.5 Å². The van der Waals surface area contributed by atoms with Crippen molar-refractivity contribution in [2.45, 2.75) is 52.2 Å². The Balaban J connectivity index is 0.00000248. The number of pyridine rings is 1. The van der Waals surface area contributed by atoms with E-state index >= 15 is 0 Å². The summed E-state index contributed by atoms with van der Waals surface area (Å²) in [6, 6.07) is 16.5. The van der Waals surface area contributed by atoms with Gasteiger partial charge in [0, 0.05) is 49.0 Å². The molecule has 264 valence electrons. The number of aromatic nitrogens is 5. The first-order valence-electron chi connectivity index (χ1n) is 17.3. The van der Waals surface area contributed by atoms with E-state index in [1.165, 1.54) is 17.0 Å². The van der Waals surface area contributed by atoms with Gasteiger partial charge >= 0.3 is 0 Å². The number of piperidine rings is 1. The summed E-state index contributed by atoms with van der Waals surface area (Å²) in [5.41, 5.74) is 14.6. The predicted octanol–water partition coefficient (Wildman–Crippen LogP) is 4.73. The molecular formula is C39H46N10O2. The van der Waals surface area contributed by atoms with Crippen LogP contribution in [0.2, 0.25) is 0 Å². The average molecular weight is 687 g/mol. The Morgan fingerprint density at radius 2 is 1.86 bits per heavy atom. The van der Waals surface area contributed by atoms with E-state index in [9.17, 15) is 9.59 Å². The highest BCUT2D eigenvalue weighted by Crippen LogP contribution is 2.27. The van der Waals surface area contributed by atoms with Gasteiger partial charge in [0.15, 0.2) is 11.6 Å². The van der Waals surface area contributed by atoms with Gasteiger partial charge in [0.05, 0.1) is 29.7 Å². The van der Waals surface area contributed by atoms with E-state index < -0.39 is 11.9 Å². The summed E-state index contributed by atoms with van der Waals surface area (Å²) in [6.45, 7) is 13.2. The van der Waals surface area contributed by atoms with Crippen LogP contribution in [0.5, 0.6) is 0 Å². The number of hydrogen-bond acceptors (Lipinski definition) is 8. The highest BCUT2D eigenvalue weighted by Gasteiger charge is 2.25. The lowest BCUT2D eigenvalue weighted by Gasteiger charge is -2.29. The molecule has 4 heterocycles. The van der Waals surface area contributed by atoms with Gasteiger partial charge in [-0.2, -0.15) is 10.2 Å². The Labute approximate surface area is 298 Å². The largest absolute Gasteiger partial charge is 0.381 e. The molecule has 6 rings (SSSR count). The number of benzene rings is 2. The number of fused-ring (bicyclic) bond motifs is 1. The number of para-hydroxylation sites is 1. The number of nitrogens with zero attached hydrogens (tertiary/aromatic N) is 7. The van der Waals surface area contributed by atoms with E-state index in [0.29, 0.717) is 39.6 Å². The van der Waals surface area contributed by atoms with E-state index in [0.717, 1.165) is 44.6 Å². The SMILES string of the molecule is C=C/C=N\c1c(C(=O)NC(C)c2cc3cccc(C#Cc4cnn(CCN5CCC(N)CC5)c4)c3c(=O)n2-c2ccccc2)c(N)nn1C.CC. The van der Waals surface area contributed by atoms with Crippen molar-refractivity contribution < 1.29 is 4.79 Å². The maximum atomic E-state index is 14.4. The first-order valence-corrected chi connectivity index (χ1v) is 17.3. The van der Waals surface area contributed by atoms with Crippen LogP contribution in [0.4, 0.5) is 11.6 Å². The molecule has 1 saturated heterocycles. The Morgan fingerprint density at radius 1 is 1.12 bits per heavy atom. The van der Waals surface area contributed by atoms with Crippen molar-refractivity contribution in [3.05, 3.63) is 112 Å². The number of nitrogen functional groups attached to an aromatic ring is 1. The second-order valence-electron chi connectivity index (χ2n) is 12.2. The molecule has 0 bridgehead atoms. The second kappa shape index (κ2) is 16.8. The fourth-order valence-electron chi connectivity index (χ4n) is 6.13. The lowest BCUT2D eigenvalue weighted by molar-refractivity contribution is 0.0940. The van der Waals surface area contributed by atoms with Crippen molar-refractivity contribution in [1.82, 2.24) is 34.3 Å². The highest BCUT2D eigenvalue weighted by atomic mass is 16.2. The molecule has 1 unspecified atom stereocenters. The molecule has 0 radical (unpaired) electrons. The van der Waals surface area contributed by atoms with Gasteiger partial charge in [-0.05, 0) is 62.5 Å². The molecule has 12 nitrogen and oxygen atoms in total. The molecule has 1 aliphatic heterocycles. The van der Waals surface area contributed by atoms with Gasteiger partial charge in [0.25, 0.3) is 11.5 Å². The number of rotatable bonds is 9. The summed E-state index contributed by atoms with van der Waals surface area (Å²) in [5, 5.41) is 12.9. The van der Waals surface area contributed by atoms with Gasteiger partial charge in [-0.15, -0.1) is 0 Å². The standard InChI is InChI=1S/C37H40N10O2.C2H6/c1-4-17-40-35-33(34(39)43-44(35)3)36(48)42-25(2)31-22-28-10-8-9-27(32(28)37(49)47(31)30-11-6-5-7-12-30)14-13-26-23-41-46(24-26)21-20-45-18-15-29(38)16-19-45;1-2/h4-12,17,22-25,29H,1,15-16,18-21,38H2,2-3H3,(H2,39,43)(H,42,48);1-2H3/b40-17-;. The van der Waals surface area contributed by atoms with Gasteiger partial charge in [0.2, 0.25) is 0 Å². The normalized spacial score (nSPS) is 14.1. The van der Waals surface area contributed by atoms with E-state index in [-0.39, 0.29) is 16.9 Å². The lowest BCUT2D eigenvalue weighted by atomic mass is 10.0. The Kier molecular flexibility index (Phi) is 12.0. The Bertz CT molecular complexity index is 2140. The van der Waals surface area contributed by atoms with Crippen LogP contribution >= 0.6 is 0 Å². The van der Waals surface area contributed by atoms with Crippen LogP contribution in [0.1, 0.15) is 66.8 Å². The summed E-state index contributed by atoms with van der Waals surface area (Å²) in [7, 11) is 1.66. The number of carbonyl (C=O) groups is 1. The van der Waals surface area contributed by atoms with Crippen LogP contribution in [0.25, 0.3) is 16.5 Å². The fraction of sp³-hybridized carbons (Fsp3) is 0.308. The van der Waals surface area contributed by atoms with Crippen LogP contribution in [-0.4, -0.2) is 66.8 Å². The maximum Gasteiger partial charge on any atom is 0.264 e. The van der Waals surface area contributed by atoms with E-state index in [1.54, 1.807) is 17.8 Å². The topological polar surface area (TPSA) is 154 Å². The zero-order valence-electron chi connectivity index (χ0n) is 29.7. The minimum Gasteiger partial charge on any atom is -0.381 e. The Morgan fingerprint density at radius 3 is 2.59 bits per heavy atom. The minimum atomic E-state index is -0.608. The summed E-state index contributed by atoms with van der Waals surface area (Å²) in [6.07, 6.45) is 8.69. The maximum absolute atomic E-state index is 14.4. The number of likely N-dealkylation sites (tertiary alicyclic amines) is 1. The quantitative estimate of drug-likeness (QED) is 0.150. The van der Waals surface area contributed by atoms with Crippen LogP contribution < -0.4 is 22.3 Å². The molecule has 51 heavy (non-hydrogen) atoms. The molecule has 3 aromatic heterocycles. The second-order valence-corrected chi connectivity index (χ2v) is 12.2. The number of amides is 1. The number of carbonyl (C=O) groups excluding carboxylic acids is 1. The summed E-state index contributed by atoms with van der Waals surface area (Å²) in [5.74, 6) is 6.30. The molecule has 2 aromatic carbocycles. The predicted molar refractivity (Wildman–Crippen MR) is 205 cm³/mol. The molecule has 1 fully saturated rings. The van der Waals surface area contributed by atoms with Crippen molar-refractivity contribution in [1.29, 1.82) is 0 Å². The number of aliphatic imine (C=N–C) groups is 1. The molecule has 1 aliphatic rings. The van der Waals surface area contributed by atoms with Crippen LogP contribution in [0, 0.1) is 11.8 Å². The minimum absolute atomic E-state index is 0.0448. The molecular weight excluding hydrogens is 640 g/mol. The number of aryl methyl sites for hydroxylation is 1. The first kappa shape index (κ1) is 36.5. The smallest absolute Gasteiger partial charge is 0.264 e. The van der Waals surface area contributed by atoms with Gasteiger partial charge in [0.1, 0.15) is 5.56 Å². The number of hydrogen-bond donors (Lipinski definition) is 3. The molecule has 0 spiro atoms. The molecule has 12 heteroatoms. The summed E-state index contributed by atoms with van der Waals surface area (Å²) in [4.78, 5) is 34.7. The average Bonchev–Trinajstić information content (AvgIpc) is 3.72. The Hall–Kier alpha value is -5.77. The third-order valence-electron chi connectivity index (χ3n) is 8.71. The summed E-state index contributed by atoms with van der Waals surface area (Å²) < 4.78 is 4.96. The number of anilines is 1. The number of allylic oxidation sites excluding steroid dienone is 1. The van der Waals surface area contributed by atoms with Gasteiger partial charge < -0.3 is 21.7 Å².